The van der Waals surface area contributed by atoms with E-state index in [0.29, 0.717) is 5.75 Å². The minimum Gasteiger partial charge on any atom is -0.496 e. The maximum absolute atomic E-state index is 12.9. The largest absolute Gasteiger partial charge is 0.496 e. The Morgan fingerprint density at radius 3 is 2.42 bits per heavy atom. The Kier molecular flexibility index (Phi) is 4.52. The summed E-state index contributed by atoms with van der Waals surface area (Å²) in [7, 11) is 4.31. The maximum atomic E-state index is 12.9. The van der Waals surface area contributed by atoms with Gasteiger partial charge in [-0.05, 0) is 12.0 Å². The van der Waals surface area contributed by atoms with Gasteiger partial charge >= 0.3 is 5.97 Å². The summed E-state index contributed by atoms with van der Waals surface area (Å²) in [6.45, 7) is 3.70. The first-order valence-corrected chi connectivity index (χ1v) is 8.61. The summed E-state index contributed by atoms with van der Waals surface area (Å²) in [5.74, 6) is -2.35. The van der Waals surface area contributed by atoms with Crippen LogP contribution < -0.4 is 10.1 Å². The van der Waals surface area contributed by atoms with Gasteiger partial charge < -0.3 is 9.47 Å². The average molecular weight is 360 g/mol. The fourth-order valence-corrected chi connectivity index (χ4v) is 4.40. The van der Waals surface area contributed by atoms with Crippen LogP contribution in [-0.4, -0.2) is 49.5 Å². The molecule has 1 N–H and O–H groups in total. The zero-order chi connectivity index (χ0) is 19.2. The van der Waals surface area contributed by atoms with E-state index in [1.165, 1.54) is 14.2 Å². The predicted octanol–water partition coefficient (Wildman–Crippen LogP) is 1.14. The Bertz CT molecular complexity index is 762. The summed E-state index contributed by atoms with van der Waals surface area (Å²) in [4.78, 5) is 39.7. The van der Waals surface area contributed by atoms with Gasteiger partial charge in [-0.3, -0.25) is 24.6 Å². The number of fused-ring (bicyclic) bond motifs is 1. The molecule has 0 spiro atoms. The van der Waals surface area contributed by atoms with Crippen LogP contribution in [0.5, 0.6) is 5.75 Å². The Labute approximate surface area is 152 Å². The van der Waals surface area contributed by atoms with Gasteiger partial charge in [0.15, 0.2) is 0 Å². The van der Waals surface area contributed by atoms with Crippen LogP contribution in [0.15, 0.2) is 24.3 Å². The van der Waals surface area contributed by atoms with Crippen LogP contribution in [0.4, 0.5) is 0 Å². The Morgan fingerprint density at radius 2 is 1.85 bits per heavy atom. The number of carbonyl (C=O) groups is 3. The number of hydrogen-bond acceptors (Lipinski definition) is 6. The predicted molar refractivity (Wildman–Crippen MR) is 93.2 cm³/mol. The lowest BCUT2D eigenvalue weighted by atomic mass is 9.73. The van der Waals surface area contributed by atoms with Crippen LogP contribution in [-0.2, 0) is 19.1 Å². The molecule has 4 atom stereocenters. The Balaban J connectivity index is 2.21. The molecule has 0 aromatic heterocycles. The minimum absolute atomic E-state index is 0.259. The van der Waals surface area contributed by atoms with Crippen LogP contribution in [0.1, 0.15) is 25.5 Å². The highest BCUT2D eigenvalue weighted by Gasteiger charge is 2.69. The van der Waals surface area contributed by atoms with Crippen molar-refractivity contribution >= 4 is 17.8 Å². The second-order valence-corrected chi connectivity index (χ2v) is 7.12. The molecule has 2 heterocycles. The number of rotatable bonds is 4. The number of nitrogens with zero attached hydrogens (tertiary/aromatic N) is 1. The SMILES string of the molecule is COC(=O)[C@]1(C(C)C)N[C@H](c2ccccc2OC)[C@@H]2C(=O)N(C)C(=O)[C@@H]21. The van der Waals surface area contributed by atoms with Gasteiger partial charge in [0.05, 0.1) is 26.1 Å². The highest BCUT2D eigenvalue weighted by Crippen LogP contribution is 2.52. The van der Waals surface area contributed by atoms with E-state index in [2.05, 4.69) is 5.32 Å². The molecule has 0 aliphatic carbocycles. The molecular formula is C19H24N2O5. The molecule has 2 saturated heterocycles. The lowest BCUT2D eigenvalue weighted by Gasteiger charge is -2.35. The number of likely N-dealkylation sites (tertiary alicyclic amines) is 1. The smallest absolute Gasteiger partial charge is 0.327 e. The number of amides is 2. The zero-order valence-corrected chi connectivity index (χ0v) is 15.6. The van der Waals surface area contributed by atoms with E-state index in [9.17, 15) is 14.4 Å². The molecule has 0 radical (unpaired) electrons. The minimum atomic E-state index is -1.28. The van der Waals surface area contributed by atoms with Crippen molar-refractivity contribution in [3.63, 3.8) is 0 Å². The molecule has 2 aliphatic rings. The summed E-state index contributed by atoms with van der Waals surface area (Å²) >= 11 is 0. The molecule has 140 valence electrons. The molecule has 7 heteroatoms. The van der Waals surface area contributed by atoms with Crippen molar-refractivity contribution < 1.29 is 23.9 Å². The molecule has 26 heavy (non-hydrogen) atoms. The lowest BCUT2D eigenvalue weighted by molar-refractivity contribution is -0.156. The molecule has 2 amide bonds. The van der Waals surface area contributed by atoms with E-state index < -0.39 is 29.4 Å². The number of carbonyl (C=O) groups excluding carboxylic acids is 3. The third kappa shape index (κ3) is 2.26. The normalized spacial score (nSPS) is 30.7. The van der Waals surface area contributed by atoms with E-state index in [4.69, 9.17) is 9.47 Å². The van der Waals surface area contributed by atoms with Crippen molar-refractivity contribution in [2.75, 3.05) is 21.3 Å². The van der Waals surface area contributed by atoms with E-state index in [1.807, 2.05) is 32.0 Å². The standard InChI is InChI=1S/C19H24N2O5/c1-10(2)19(18(24)26-5)14-13(16(22)21(3)17(14)23)15(20-19)11-8-6-7-9-12(11)25-4/h6-10,13-15,20H,1-5H3/t13-,14-,15-,19-/m1/s1. The van der Waals surface area contributed by atoms with Crippen LogP contribution in [0.25, 0.3) is 0 Å². The van der Waals surface area contributed by atoms with E-state index in [0.717, 1.165) is 10.5 Å². The van der Waals surface area contributed by atoms with Gasteiger partial charge in [0, 0.05) is 18.7 Å². The Hall–Kier alpha value is -2.41. The van der Waals surface area contributed by atoms with Crippen LogP contribution in [0.2, 0.25) is 0 Å². The third-order valence-electron chi connectivity index (χ3n) is 5.72. The fraction of sp³-hybridized carbons (Fsp3) is 0.526. The monoisotopic (exact) mass is 360 g/mol. The summed E-state index contributed by atoms with van der Waals surface area (Å²) in [5, 5.41) is 3.31. The molecular weight excluding hydrogens is 336 g/mol. The molecule has 1 aromatic carbocycles. The van der Waals surface area contributed by atoms with Gasteiger partial charge in [-0.2, -0.15) is 0 Å². The number of para-hydroxylation sites is 1. The zero-order valence-electron chi connectivity index (χ0n) is 15.6. The van der Waals surface area contributed by atoms with Gasteiger partial charge in [-0.15, -0.1) is 0 Å². The van der Waals surface area contributed by atoms with Crippen molar-refractivity contribution in [2.24, 2.45) is 17.8 Å². The first-order valence-electron chi connectivity index (χ1n) is 8.61. The lowest BCUT2D eigenvalue weighted by Crippen LogP contribution is -2.59. The van der Waals surface area contributed by atoms with Crippen LogP contribution in [0, 0.1) is 17.8 Å². The average Bonchev–Trinajstić information content (AvgIpc) is 3.12. The second kappa shape index (κ2) is 6.39. The number of esters is 1. The summed E-state index contributed by atoms with van der Waals surface area (Å²) in [6, 6.07) is 6.78. The molecule has 3 rings (SSSR count). The highest BCUT2D eigenvalue weighted by molar-refractivity contribution is 6.09. The number of benzene rings is 1. The second-order valence-electron chi connectivity index (χ2n) is 7.12. The van der Waals surface area contributed by atoms with Crippen molar-refractivity contribution in [2.45, 2.75) is 25.4 Å². The topological polar surface area (TPSA) is 84.9 Å². The molecule has 1 aromatic rings. The van der Waals surface area contributed by atoms with Crippen LogP contribution in [0.3, 0.4) is 0 Å². The van der Waals surface area contributed by atoms with Gasteiger partial charge in [0.2, 0.25) is 11.8 Å². The van der Waals surface area contributed by atoms with Gasteiger partial charge in [-0.1, -0.05) is 32.0 Å². The van der Waals surface area contributed by atoms with Gasteiger partial charge in [0.1, 0.15) is 11.3 Å². The molecule has 0 bridgehead atoms. The van der Waals surface area contributed by atoms with Crippen molar-refractivity contribution in [1.82, 2.24) is 10.2 Å². The van der Waals surface area contributed by atoms with Crippen LogP contribution >= 0.6 is 0 Å². The van der Waals surface area contributed by atoms with E-state index in [1.54, 1.807) is 13.2 Å². The fourth-order valence-electron chi connectivity index (χ4n) is 4.40. The van der Waals surface area contributed by atoms with E-state index in [-0.39, 0.29) is 17.7 Å². The van der Waals surface area contributed by atoms with Crippen molar-refractivity contribution in [3.8, 4) is 5.75 Å². The molecule has 0 saturated carbocycles. The summed E-state index contributed by atoms with van der Waals surface area (Å²) in [5.41, 5.74) is -0.532. The highest BCUT2D eigenvalue weighted by atomic mass is 16.5. The number of methoxy groups -OCH3 is 2. The number of ether oxygens (including phenoxy) is 2. The summed E-state index contributed by atoms with van der Waals surface area (Å²) in [6.07, 6.45) is 0. The first kappa shape index (κ1) is 18.4. The molecule has 0 unspecified atom stereocenters. The number of nitrogens with one attached hydrogen (secondary N) is 1. The van der Waals surface area contributed by atoms with Gasteiger partial charge in [-0.25, -0.2) is 0 Å². The molecule has 2 fully saturated rings. The number of imide groups is 1. The quantitative estimate of drug-likeness (QED) is 0.640. The molecule has 7 nitrogen and oxygen atoms in total. The molecule has 2 aliphatic heterocycles. The summed E-state index contributed by atoms with van der Waals surface area (Å²) < 4.78 is 10.5. The van der Waals surface area contributed by atoms with Crippen molar-refractivity contribution in [1.29, 1.82) is 0 Å². The van der Waals surface area contributed by atoms with Crippen molar-refractivity contribution in [3.05, 3.63) is 29.8 Å². The third-order valence-corrected chi connectivity index (χ3v) is 5.72. The Morgan fingerprint density at radius 1 is 1.19 bits per heavy atom. The van der Waals surface area contributed by atoms with E-state index >= 15 is 0 Å². The maximum Gasteiger partial charge on any atom is 0.327 e. The number of hydrogen-bond donors (Lipinski definition) is 1. The van der Waals surface area contributed by atoms with Gasteiger partial charge in [0.25, 0.3) is 0 Å². The first-order chi connectivity index (χ1) is 12.3.